The molecular formula is C28H33N5O2S2. The minimum absolute atomic E-state index is 0.161. The average Bonchev–Trinajstić information content (AvgIpc) is 3.47. The Morgan fingerprint density at radius 3 is 2.84 bits per heavy atom. The lowest BCUT2D eigenvalue weighted by Crippen LogP contribution is -2.15. The number of thioether (sulfide) groups is 1. The summed E-state index contributed by atoms with van der Waals surface area (Å²) in [6.45, 7) is 10.6. The van der Waals surface area contributed by atoms with Crippen molar-refractivity contribution in [1.29, 1.82) is 5.26 Å². The Labute approximate surface area is 226 Å². The van der Waals surface area contributed by atoms with E-state index in [1.165, 1.54) is 22.2 Å². The van der Waals surface area contributed by atoms with Gasteiger partial charge in [0, 0.05) is 11.4 Å². The molecule has 0 saturated heterocycles. The number of amides is 1. The fourth-order valence-electron chi connectivity index (χ4n) is 4.57. The van der Waals surface area contributed by atoms with Crippen molar-refractivity contribution >= 4 is 34.0 Å². The van der Waals surface area contributed by atoms with Gasteiger partial charge in [0.15, 0.2) is 17.1 Å². The second-order valence-corrected chi connectivity index (χ2v) is 11.2. The summed E-state index contributed by atoms with van der Waals surface area (Å²) >= 11 is 2.86. The second-order valence-electron chi connectivity index (χ2n) is 9.17. The first-order chi connectivity index (χ1) is 18.0. The van der Waals surface area contributed by atoms with Crippen LogP contribution in [0.5, 0.6) is 5.75 Å². The lowest BCUT2D eigenvalue weighted by molar-refractivity contribution is -0.113. The Hall–Kier alpha value is -3.09. The molecule has 0 spiro atoms. The standard InChI is InChI=1S/C28H33N5O2S2/c1-5-14-33-26(18(4)35-21-11-8-19(6-2)9-12-21)31-32-28(33)36-17-25(34)30-27-23(16-29)22-13-10-20(7-3)15-24(22)37-27/h5,8-9,11-12,18,20H,1,6-7,10,13-15,17H2,2-4H3,(H,30,34). The van der Waals surface area contributed by atoms with E-state index in [-0.39, 0.29) is 17.8 Å². The second kappa shape index (κ2) is 12.4. The average molecular weight is 536 g/mol. The van der Waals surface area contributed by atoms with E-state index in [1.54, 1.807) is 17.4 Å². The molecule has 4 rings (SSSR count). The third-order valence-corrected chi connectivity index (χ3v) is 8.84. The van der Waals surface area contributed by atoms with Gasteiger partial charge in [-0.25, -0.2) is 0 Å². The van der Waals surface area contributed by atoms with Gasteiger partial charge in [0.25, 0.3) is 0 Å². The first kappa shape index (κ1) is 27.0. The van der Waals surface area contributed by atoms with Crippen molar-refractivity contribution in [2.45, 2.75) is 70.7 Å². The Kier molecular flexibility index (Phi) is 9.06. The molecule has 3 aromatic rings. The number of allylic oxidation sites excluding steroid dienone is 1. The van der Waals surface area contributed by atoms with Crippen LogP contribution in [0.15, 0.2) is 42.1 Å². The molecule has 0 bridgehead atoms. The predicted octanol–water partition coefficient (Wildman–Crippen LogP) is 6.35. The summed E-state index contributed by atoms with van der Waals surface area (Å²) in [6, 6.07) is 10.4. The van der Waals surface area contributed by atoms with Crippen molar-refractivity contribution < 1.29 is 9.53 Å². The number of aromatic nitrogens is 3. The van der Waals surface area contributed by atoms with Crippen LogP contribution in [-0.4, -0.2) is 26.4 Å². The summed E-state index contributed by atoms with van der Waals surface area (Å²) in [7, 11) is 0. The van der Waals surface area contributed by atoms with Gasteiger partial charge >= 0.3 is 0 Å². The summed E-state index contributed by atoms with van der Waals surface area (Å²) in [5.41, 5.74) is 3.00. The zero-order valence-corrected chi connectivity index (χ0v) is 23.3. The first-order valence-electron chi connectivity index (χ1n) is 12.7. The van der Waals surface area contributed by atoms with E-state index in [0.717, 1.165) is 43.4 Å². The maximum Gasteiger partial charge on any atom is 0.235 e. The van der Waals surface area contributed by atoms with Gasteiger partial charge in [-0.3, -0.25) is 9.36 Å². The molecule has 1 N–H and O–H groups in total. The van der Waals surface area contributed by atoms with E-state index in [2.05, 4.69) is 54.1 Å². The number of nitriles is 1. The molecule has 7 nitrogen and oxygen atoms in total. The Morgan fingerprint density at radius 1 is 1.38 bits per heavy atom. The Bertz CT molecular complexity index is 1290. The monoisotopic (exact) mass is 535 g/mol. The summed E-state index contributed by atoms with van der Waals surface area (Å²) in [5.74, 6) is 2.09. The molecule has 0 fully saturated rings. The number of hydrogen-bond acceptors (Lipinski definition) is 7. The molecule has 2 aromatic heterocycles. The van der Waals surface area contributed by atoms with Crippen LogP contribution in [0, 0.1) is 17.2 Å². The number of anilines is 1. The number of hydrogen-bond donors (Lipinski definition) is 1. The maximum atomic E-state index is 12.9. The highest BCUT2D eigenvalue weighted by Crippen LogP contribution is 2.40. The van der Waals surface area contributed by atoms with Gasteiger partial charge in [0.1, 0.15) is 16.8 Å². The summed E-state index contributed by atoms with van der Waals surface area (Å²) in [6.07, 6.45) is 6.57. The van der Waals surface area contributed by atoms with Crippen LogP contribution in [0.3, 0.4) is 0 Å². The molecule has 1 aliphatic carbocycles. The van der Waals surface area contributed by atoms with Gasteiger partial charge in [0.05, 0.1) is 11.3 Å². The Balaban J connectivity index is 1.42. The van der Waals surface area contributed by atoms with Gasteiger partial charge in [0.2, 0.25) is 5.91 Å². The number of nitrogens with zero attached hydrogens (tertiary/aromatic N) is 4. The van der Waals surface area contributed by atoms with Crippen molar-refractivity contribution in [1.82, 2.24) is 14.8 Å². The fraction of sp³-hybridized carbons (Fsp3) is 0.429. The third-order valence-electron chi connectivity index (χ3n) is 6.71. The summed E-state index contributed by atoms with van der Waals surface area (Å²) in [4.78, 5) is 14.1. The first-order valence-corrected chi connectivity index (χ1v) is 14.5. The highest BCUT2D eigenvalue weighted by Gasteiger charge is 2.26. The molecule has 1 aliphatic rings. The van der Waals surface area contributed by atoms with Gasteiger partial charge in [-0.2, -0.15) is 5.26 Å². The van der Waals surface area contributed by atoms with E-state index in [1.807, 2.05) is 23.6 Å². The van der Waals surface area contributed by atoms with Crippen molar-refractivity contribution in [3.8, 4) is 11.8 Å². The molecule has 2 heterocycles. The number of ether oxygens (including phenoxy) is 1. The largest absolute Gasteiger partial charge is 0.483 e. The number of thiophene rings is 1. The number of fused-ring (bicyclic) bond motifs is 1. The number of carbonyl (C=O) groups is 1. The Morgan fingerprint density at radius 2 is 2.16 bits per heavy atom. The van der Waals surface area contributed by atoms with Crippen LogP contribution in [-0.2, 0) is 30.6 Å². The van der Waals surface area contributed by atoms with Crippen LogP contribution in [0.2, 0.25) is 0 Å². The molecule has 1 amide bonds. The maximum absolute atomic E-state index is 12.9. The van der Waals surface area contributed by atoms with Crippen molar-refractivity contribution in [2.75, 3.05) is 11.1 Å². The van der Waals surface area contributed by atoms with E-state index in [9.17, 15) is 10.1 Å². The molecule has 1 aromatic carbocycles. The van der Waals surface area contributed by atoms with Gasteiger partial charge in [-0.05, 0) is 61.8 Å². The molecule has 2 atom stereocenters. The van der Waals surface area contributed by atoms with Crippen molar-refractivity contribution in [3.05, 3.63) is 64.3 Å². The molecule has 2 unspecified atom stereocenters. The lowest BCUT2D eigenvalue weighted by Gasteiger charge is -2.20. The van der Waals surface area contributed by atoms with Gasteiger partial charge in [-0.1, -0.05) is 50.2 Å². The summed E-state index contributed by atoms with van der Waals surface area (Å²) in [5, 5.41) is 22.7. The third kappa shape index (κ3) is 6.25. The zero-order chi connectivity index (χ0) is 26.4. The van der Waals surface area contributed by atoms with Crippen LogP contribution in [0.4, 0.5) is 5.00 Å². The molecular weight excluding hydrogens is 502 g/mol. The van der Waals surface area contributed by atoms with Gasteiger partial charge < -0.3 is 10.1 Å². The number of aryl methyl sites for hydroxylation is 1. The molecule has 194 valence electrons. The van der Waals surface area contributed by atoms with Crippen LogP contribution >= 0.6 is 23.1 Å². The number of nitrogens with one attached hydrogen (secondary N) is 1. The van der Waals surface area contributed by atoms with E-state index >= 15 is 0 Å². The SMILES string of the molecule is C=CCn1c(SCC(=O)Nc2sc3c(c2C#N)CCC(CC)C3)nnc1C(C)Oc1ccc(CC)cc1. The highest BCUT2D eigenvalue weighted by atomic mass is 32.2. The minimum Gasteiger partial charge on any atom is -0.483 e. The molecule has 9 heteroatoms. The normalized spacial score (nSPS) is 15.5. The quantitative estimate of drug-likeness (QED) is 0.227. The fourth-order valence-corrected chi connectivity index (χ4v) is 6.65. The number of carbonyl (C=O) groups excluding carboxylic acids is 1. The number of benzene rings is 1. The predicted molar refractivity (Wildman–Crippen MR) is 149 cm³/mol. The van der Waals surface area contributed by atoms with Crippen molar-refractivity contribution in [2.24, 2.45) is 5.92 Å². The van der Waals surface area contributed by atoms with E-state index in [0.29, 0.717) is 34.0 Å². The van der Waals surface area contributed by atoms with E-state index in [4.69, 9.17) is 4.74 Å². The molecule has 0 aliphatic heterocycles. The molecule has 0 radical (unpaired) electrons. The van der Waals surface area contributed by atoms with E-state index < -0.39 is 0 Å². The van der Waals surface area contributed by atoms with Gasteiger partial charge in [-0.15, -0.1) is 28.1 Å². The smallest absolute Gasteiger partial charge is 0.235 e. The molecule has 0 saturated carbocycles. The van der Waals surface area contributed by atoms with Crippen molar-refractivity contribution in [3.63, 3.8) is 0 Å². The minimum atomic E-state index is -0.328. The van der Waals surface area contributed by atoms with Crippen LogP contribution < -0.4 is 10.1 Å². The summed E-state index contributed by atoms with van der Waals surface area (Å²) < 4.78 is 8.03. The van der Waals surface area contributed by atoms with Crippen LogP contribution in [0.25, 0.3) is 0 Å². The topological polar surface area (TPSA) is 92.8 Å². The molecule has 37 heavy (non-hydrogen) atoms. The highest BCUT2D eigenvalue weighted by molar-refractivity contribution is 7.99. The van der Waals surface area contributed by atoms with Crippen LogP contribution in [0.1, 0.15) is 67.1 Å². The zero-order valence-electron chi connectivity index (χ0n) is 21.6. The lowest BCUT2D eigenvalue weighted by atomic mass is 9.86. The number of rotatable bonds is 11.